The lowest BCUT2D eigenvalue weighted by atomic mass is 10.2. The third kappa shape index (κ3) is 5.31. The zero-order valence-corrected chi connectivity index (χ0v) is 16.7. The minimum atomic E-state index is 0.202. The number of methoxy groups -OCH3 is 1. The first-order valence-electron chi connectivity index (χ1n) is 9.83. The third-order valence-corrected chi connectivity index (χ3v) is 4.90. The van der Waals surface area contributed by atoms with E-state index in [4.69, 9.17) is 9.47 Å². The van der Waals surface area contributed by atoms with E-state index < -0.39 is 0 Å². The van der Waals surface area contributed by atoms with Crippen LogP contribution in [0, 0.1) is 0 Å². The highest BCUT2D eigenvalue weighted by molar-refractivity contribution is 5.77. The predicted molar refractivity (Wildman–Crippen MR) is 113 cm³/mol. The van der Waals surface area contributed by atoms with Crippen LogP contribution in [0.5, 0.6) is 11.5 Å². The van der Waals surface area contributed by atoms with E-state index in [0.29, 0.717) is 19.6 Å². The van der Waals surface area contributed by atoms with Crippen molar-refractivity contribution in [3.63, 3.8) is 0 Å². The van der Waals surface area contributed by atoms with Crippen molar-refractivity contribution in [2.75, 3.05) is 56.7 Å². The van der Waals surface area contributed by atoms with Gasteiger partial charge < -0.3 is 24.6 Å². The topological polar surface area (TPSA) is 54.0 Å². The van der Waals surface area contributed by atoms with Crippen molar-refractivity contribution in [1.82, 2.24) is 4.90 Å². The molecule has 0 saturated carbocycles. The molecule has 0 aliphatic carbocycles. The lowest BCUT2D eigenvalue weighted by Gasteiger charge is -2.36. The molecular formula is C22H29N3O3. The smallest absolute Gasteiger partial charge is 0.224 e. The summed E-state index contributed by atoms with van der Waals surface area (Å²) in [7, 11) is 1.67. The first kappa shape index (κ1) is 19.9. The molecule has 1 aliphatic heterocycles. The van der Waals surface area contributed by atoms with Gasteiger partial charge in [0.1, 0.15) is 11.5 Å². The first-order valence-corrected chi connectivity index (χ1v) is 9.83. The van der Waals surface area contributed by atoms with Crippen LogP contribution in [0.4, 0.5) is 11.4 Å². The molecule has 28 heavy (non-hydrogen) atoms. The minimum absolute atomic E-state index is 0.202. The van der Waals surface area contributed by atoms with Gasteiger partial charge in [0.15, 0.2) is 0 Å². The Balaban J connectivity index is 1.39. The highest BCUT2D eigenvalue weighted by Gasteiger charge is 2.20. The lowest BCUT2D eigenvalue weighted by Crippen LogP contribution is -2.49. The van der Waals surface area contributed by atoms with Crippen LogP contribution in [0.25, 0.3) is 0 Å². The molecule has 2 aromatic carbocycles. The summed E-state index contributed by atoms with van der Waals surface area (Å²) in [5.41, 5.74) is 2.17. The summed E-state index contributed by atoms with van der Waals surface area (Å²) < 4.78 is 10.6. The molecule has 1 N–H and O–H groups in total. The number of rotatable bonds is 8. The number of benzene rings is 2. The van der Waals surface area contributed by atoms with Gasteiger partial charge in [-0.3, -0.25) is 4.79 Å². The van der Waals surface area contributed by atoms with E-state index in [2.05, 4.69) is 22.3 Å². The van der Waals surface area contributed by atoms with Gasteiger partial charge in [0.05, 0.1) is 13.7 Å². The van der Waals surface area contributed by atoms with Gasteiger partial charge in [-0.2, -0.15) is 0 Å². The van der Waals surface area contributed by atoms with Gasteiger partial charge in [-0.05, 0) is 55.5 Å². The van der Waals surface area contributed by atoms with Gasteiger partial charge in [0.2, 0.25) is 5.91 Å². The fourth-order valence-corrected chi connectivity index (χ4v) is 3.31. The molecule has 1 amide bonds. The predicted octanol–water partition coefficient (Wildman–Crippen LogP) is 3.24. The van der Waals surface area contributed by atoms with Crippen molar-refractivity contribution >= 4 is 17.3 Å². The number of piperazine rings is 1. The Bertz CT molecular complexity index is 739. The molecule has 6 nitrogen and oxygen atoms in total. The Morgan fingerprint density at radius 2 is 1.61 bits per heavy atom. The largest absolute Gasteiger partial charge is 0.497 e. The van der Waals surface area contributed by atoms with Gasteiger partial charge in [-0.25, -0.2) is 0 Å². The van der Waals surface area contributed by atoms with Crippen LogP contribution in [-0.2, 0) is 4.79 Å². The van der Waals surface area contributed by atoms with Crippen molar-refractivity contribution in [3.05, 3.63) is 48.5 Å². The molecule has 1 heterocycles. The molecule has 1 aliphatic rings. The monoisotopic (exact) mass is 383 g/mol. The van der Waals surface area contributed by atoms with Crippen LogP contribution in [-0.4, -0.2) is 57.2 Å². The second-order valence-corrected chi connectivity index (χ2v) is 6.70. The van der Waals surface area contributed by atoms with Gasteiger partial charge in [-0.15, -0.1) is 0 Å². The maximum Gasteiger partial charge on any atom is 0.224 e. The molecule has 0 spiro atoms. The Kier molecular flexibility index (Phi) is 7.00. The van der Waals surface area contributed by atoms with Crippen molar-refractivity contribution < 1.29 is 14.3 Å². The number of anilines is 2. The van der Waals surface area contributed by atoms with Crippen molar-refractivity contribution in [2.24, 2.45) is 0 Å². The Hall–Kier alpha value is -2.89. The lowest BCUT2D eigenvalue weighted by molar-refractivity contribution is -0.131. The van der Waals surface area contributed by atoms with Crippen LogP contribution < -0.4 is 19.7 Å². The molecule has 150 valence electrons. The van der Waals surface area contributed by atoms with Crippen molar-refractivity contribution in [2.45, 2.75) is 13.3 Å². The minimum Gasteiger partial charge on any atom is -0.497 e. The van der Waals surface area contributed by atoms with Crippen molar-refractivity contribution in [1.29, 1.82) is 0 Å². The average Bonchev–Trinajstić information content (AvgIpc) is 2.75. The summed E-state index contributed by atoms with van der Waals surface area (Å²) in [5.74, 6) is 1.92. The fourth-order valence-electron chi connectivity index (χ4n) is 3.31. The zero-order valence-electron chi connectivity index (χ0n) is 16.7. The zero-order chi connectivity index (χ0) is 19.8. The number of carbonyl (C=O) groups excluding carboxylic acids is 1. The standard InChI is InChI=1S/C22H29N3O3/c1-3-28-21-8-4-18(5-9-21)23-13-12-22(26)25-16-14-24(15-17-25)19-6-10-20(27-2)11-7-19/h4-11,23H,3,12-17H2,1-2H3. The van der Waals surface area contributed by atoms with Crippen LogP contribution in [0.2, 0.25) is 0 Å². The van der Waals surface area contributed by atoms with Gasteiger partial charge in [0.25, 0.3) is 0 Å². The molecular weight excluding hydrogens is 354 g/mol. The molecule has 0 radical (unpaired) electrons. The van der Waals surface area contributed by atoms with Crippen LogP contribution in [0.1, 0.15) is 13.3 Å². The quantitative estimate of drug-likeness (QED) is 0.758. The van der Waals surface area contributed by atoms with Crippen molar-refractivity contribution in [3.8, 4) is 11.5 Å². The molecule has 6 heteroatoms. The summed E-state index contributed by atoms with van der Waals surface area (Å²) in [6.07, 6.45) is 0.496. The number of nitrogens with one attached hydrogen (secondary N) is 1. The van der Waals surface area contributed by atoms with E-state index >= 15 is 0 Å². The number of ether oxygens (including phenoxy) is 2. The second-order valence-electron chi connectivity index (χ2n) is 6.70. The van der Waals surface area contributed by atoms with E-state index in [-0.39, 0.29) is 5.91 Å². The number of amides is 1. The highest BCUT2D eigenvalue weighted by Crippen LogP contribution is 2.21. The molecule has 2 aromatic rings. The molecule has 1 fully saturated rings. The van der Waals surface area contributed by atoms with E-state index in [1.54, 1.807) is 7.11 Å². The Labute approximate surface area is 167 Å². The van der Waals surface area contributed by atoms with E-state index in [0.717, 1.165) is 43.4 Å². The normalized spacial score (nSPS) is 13.9. The van der Waals surface area contributed by atoms with E-state index in [1.165, 1.54) is 5.69 Å². The van der Waals surface area contributed by atoms with E-state index in [9.17, 15) is 4.79 Å². The SMILES string of the molecule is CCOc1ccc(NCCC(=O)N2CCN(c3ccc(OC)cc3)CC2)cc1. The third-order valence-electron chi connectivity index (χ3n) is 4.90. The Morgan fingerprint density at radius 3 is 2.21 bits per heavy atom. The van der Waals surface area contributed by atoms with Crippen LogP contribution in [0.3, 0.4) is 0 Å². The highest BCUT2D eigenvalue weighted by atomic mass is 16.5. The molecule has 0 bridgehead atoms. The summed E-state index contributed by atoms with van der Waals surface area (Å²) >= 11 is 0. The van der Waals surface area contributed by atoms with Crippen LogP contribution in [0.15, 0.2) is 48.5 Å². The van der Waals surface area contributed by atoms with Gasteiger partial charge in [-0.1, -0.05) is 0 Å². The number of hydrogen-bond donors (Lipinski definition) is 1. The fraction of sp³-hybridized carbons (Fsp3) is 0.409. The number of carbonyl (C=O) groups is 1. The molecule has 3 rings (SSSR count). The van der Waals surface area contributed by atoms with E-state index in [1.807, 2.05) is 48.2 Å². The second kappa shape index (κ2) is 9.88. The molecule has 1 saturated heterocycles. The molecule has 0 unspecified atom stereocenters. The Morgan fingerprint density at radius 1 is 0.964 bits per heavy atom. The van der Waals surface area contributed by atoms with Gasteiger partial charge >= 0.3 is 0 Å². The summed E-state index contributed by atoms with van der Waals surface area (Å²) in [6, 6.07) is 15.9. The molecule has 0 atom stereocenters. The summed E-state index contributed by atoms with van der Waals surface area (Å²) in [5, 5.41) is 3.30. The first-order chi connectivity index (χ1) is 13.7. The summed E-state index contributed by atoms with van der Waals surface area (Å²) in [4.78, 5) is 16.8. The maximum atomic E-state index is 12.5. The average molecular weight is 383 g/mol. The summed E-state index contributed by atoms with van der Waals surface area (Å²) in [6.45, 7) is 6.48. The number of hydrogen-bond acceptors (Lipinski definition) is 5. The van der Waals surface area contributed by atoms with Gasteiger partial charge in [0, 0.05) is 50.5 Å². The molecule has 0 aromatic heterocycles. The van der Waals surface area contributed by atoms with Crippen LogP contribution >= 0.6 is 0 Å². The number of nitrogens with zero attached hydrogens (tertiary/aromatic N) is 2. The maximum absolute atomic E-state index is 12.5.